The highest BCUT2D eigenvalue weighted by atomic mass is 15.2. The second-order valence-electron chi connectivity index (χ2n) is 5.65. The van der Waals surface area contributed by atoms with Gasteiger partial charge in [0.1, 0.15) is 0 Å². The Morgan fingerprint density at radius 3 is 2.88 bits per heavy atom. The normalized spacial score (nSPS) is 26.8. The minimum absolute atomic E-state index is 0.818. The summed E-state index contributed by atoms with van der Waals surface area (Å²) in [4.78, 5) is 2.65. The van der Waals surface area contributed by atoms with Gasteiger partial charge in [-0.1, -0.05) is 17.7 Å². The lowest BCUT2D eigenvalue weighted by Gasteiger charge is -2.31. The topological polar surface area (TPSA) is 15.3 Å². The van der Waals surface area contributed by atoms with Crippen molar-refractivity contribution in [2.45, 2.75) is 38.8 Å². The molecule has 2 fully saturated rings. The van der Waals surface area contributed by atoms with Gasteiger partial charge in [0.25, 0.3) is 0 Å². The zero-order valence-corrected chi connectivity index (χ0v) is 10.9. The smallest absolute Gasteiger partial charge is 0.0414 e. The molecule has 1 aliphatic carbocycles. The number of nitrogens with zero attached hydrogens (tertiary/aromatic N) is 1. The molecule has 92 valence electrons. The third-order valence-corrected chi connectivity index (χ3v) is 4.32. The van der Waals surface area contributed by atoms with E-state index >= 15 is 0 Å². The van der Waals surface area contributed by atoms with Crippen LogP contribution in [0.3, 0.4) is 0 Å². The fourth-order valence-corrected chi connectivity index (χ4v) is 3.55. The van der Waals surface area contributed by atoms with Gasteiger partial charge in [0, 0.05) is 24.8 Å². The van der Waals surface area contributed by atoms with E-state index in [2.05, 4.69) is 35.3 Å². The Morgan fingerprint density at radius 2 is 2.24 bits per heavy atom. The molecule has 0 amide bonds. The van der Waals surface area contributed by atoms with Crippen LogP contribution in [0.1, 0.15) is 30.4 Å². The molecule has 0 radical (unpaired) electrons. The fourth-order valence-electron chi connectivity index (χ4n) is 3.55. The van der Waals surface area contributed by atoms with Crippen LogP contribution < -0.4 is 10.2 Å². The highest BCUT2D eigenvalue weighted by Crippen LogP contribution is 2.41. The maximum Gasteiger partial charge on any atom is 0.0414 e. The van der Waals surface area contributed by atoms with E-state index in [4.69, 9.17) is 0 Å². The Bertz CT molecular complexity index is 413. The number of hydrogen-bond acceptors (Lipinski definition) is 2. The average molecular weight is 230 g/mol. The molecule has 1 saturated heterocycles. The Labute approximate surface area is 104 Å². The number of fused-ring (bicyclic) bond motifs is 2. The number of anilines is 1. The summed E-state index contributed by atoms with van der Waals surface area (Å²) in [6, 6.07) is 7.72. The van der Waals surface area contributed by atoms with E-state index in [0.29, 0.717) is 0 Å². The van der Waals surface area contributed by atoms with E-state index in [1.807, 2.05) is 7.05 Å². The number of nitrogens with one attached hydrogen (secondary N) is 1. The van der Waals surface area contributed by atoms with Gasteiger partial charge in [0.2, 0.25) is 0 Å². The second kappa shape index (κ2) is 4.34. The predicted molar refractivity (Wildman–Crippen MR) is 72.4 cm³/mol. The van der Waals surface area contributed by atoms with E-state index in [0.717, 1.165) is 18.5 Å². The Hall–Kier alpha value is -1.02. The Balaban J connectivity index is 1.91. The summed E-state index contributed by atoms with van der Waals surface area (Å²) in [5.41, 5.74) is 4.29. The SMILES string of the molecule is CNCc1cc(C)ccc1N1CC2CCC1C2. The number of hydrogen-bond donors (Lipinski definition) is 1. The van der Waals surface area contributed by atoms with Crippen molar-refractivity contribution in [2.75, 3.05) is 18.5 Å². The van der Waals surface area contributed by atoms with Gasteiger partial charge >= 0.3 is 0 Å². The third-order valence-electron chi connectivity index (χ3n) is 4.32. The van der Waals surface area contributed by atoms with Crippen LogP contribution in [0.4, 0.5) is 5.69 Å². The first-order valence-electron chi connectivity index (χ1n) is 6.78. The molecule has 17 heavy (non-hydrogen) atoms. The molecule has 2 aliphatic rings. The number of aryl methyl sites for hydroxylation is 1. The lowest BCUT2D eigenvalue weighted by atomic mass is 10.0. The molecule has 3 rings (SSSR count). The second-order valence-corrected chi connectivity index (χ2v) is 5.65. The number of rotatable bonds is 3. The standard InChI is InChI=1S/C15H22N2/c1-11-3-6-15(13(7-11)9-16-2)17-10-12-4-5-14(17)8-12/h3,6-7,12,14,16H,4-5,8-10H2,1-2H3. The van der Waals surface area contributed by atoms with E-state index < -0.39 is 0 Å². The minimum atomic E-state index is 0.818. The summed E-state index contributed by atoms with van der Waals surface area (Å²) in [7, 11) is 2.03. The van der Waals surface area contributed by atoms with Crippen molar-refractivity contribution in [1.29, 1.82) is 0 Å². The summed E-state index contributed by atoms with van der Waals surface area (Å²) < 4.78 is 0. The molecule has 1 aliphatic heterocycles. The van der Waals surface area contributed by atoms with Gasteiger partial charge in [0.15, 0.2) is 0 Å². The van der Waals surface area contributed by atoms with Crippen LogP contribution in [0.25, 0.3) is 0 Å². The molecular weight excluding hydrogens is 208 g/mol. The summed E-state index contributed by atoms with van der Waals surface area (Å²) in [6.45, 7) is 4.44. The molecule has 1 aromatic carbocycles. The van der Waals surface area contributed by atoms with Crippen LogP contribution in [0.15, 0.2) is 18.2 Å². The maximum absolute atomic E-state index is 3.29. The van der Waals surface area contributed by atoms with Crippen LogP contribution >= 0.6 is 0 Å². The Kier molecular flexibility index (Phi) is 2.83. The van der Waals surface area contributed by atoms with E-state index in [9.17, 15) is 0 Å². The first kappa shape index (κ1) is 11.1. The molecular formula is C15H22N2. The Morgan fingerprint density at radius 1 is 1.35 bits per heavy atom. The van der Waals surface area contributed by atoms with Crippen LogP contribution in [0.5, 0.6) is 0 Å². The predicted octanol–water partition coefficient (Wildman–Crippen LogP) is 2.70. The van der Waals surface area contributed by atoms with Gasteiger partial charge in [-0.15, -0.1) is 0 Å². The van der Waals surface area contributed by atoms with Gasteiger partial charge in [-0.25, -0.2) is 0 Å². The van der Waals surface area contributed by atoms with Crippen molar-refractivity contribution < 1.29 is 0 Å². The zero-order chi connectivity index (χ0) is 11.8. The average Bonchev–Trinajstić information content (AvgIpc) is 2.91. The summed E-state index contributed by atoms with van der Waals surface area (Å²) in [5.74, 6) is 0.962. The van der Waals surface area contributed by atoms with Crippen molar-refractivity contribution in [1.82, 2.24) is 5.32 Å². The number of benzene rings is 1. The molecule has 0 aromatic heterocycles. The molecule has 0 spiro atoms. The molecule has 2 nitrogen and oxygen atoms in total. The highest BCUT2D eigenvalue weighted by molar-refractivity contribution is 5.57. The molecule has 1 N–H and O–H groups in total. The fraction of sp³-hybridized carbons (Fsp3) is 0.600. The van der Waals surface area contributed by atoms with Crippen LogP contribution in [0.2, 0.25) is 0 Å². The zero-order valence-electron chi connectivity index (χ0n) is 10.9. The van der Waals surface area contributed by atoms with Gasteiger partial charge in [-0.3, -0.25) is 0 Å². The van der Waals surface area contributed by atoms with Crippen molar-refractivity contribution in [3.63, 3.8) is 0 Å². The van der Waals surface area contributed by atoms with Crippen molar-refractivity contribution >= 4 is 5.69 Å². The number of piperidine rings is 1. The first-order valence-corrected chi connectivity index (χ1v) is 6.78. The molecule has 2 atom stereocenters. The molecule has 1 saturated carbocycles. The third kappa shape index (κ3) is 1.95. The van der Waals surface area contributed by atoms with Crippen LogP contribution in [-0.2, 0) is 6.54 Å². The van der Waals surface area contributed by atoms with E-state index in [-0.39, 0.29) is 0 Å². The highest BCUT2D eigenvalue weighted by Gasteiger charge is 2.38. The lowest BCUT2D eigenvalue weighted by Crippen LogP contribution is -2.33. The van der Waals surface area contributed by atoms with Gasteiger partial charge in [-0.2, -0.15) is 0 Å². The maximum atomic E-state index is 3.29. The van der Waals surface area contributed by atoms with Crippen LogP contribution in [0, 0.1) is 12.8 Å². The van der Waals surface area contributed by atoms with Crippen molar-refractivity contribution in [3.05, 3.63) is 29.3 Å². The minimum Gasteiger partial charge on any atom is -0.368 e. The van der Waals surface area contributed by atoms with Gasteiger partial charge in [0.05, 0.1) is 0 Å². The molecule has 1 aromatic rings. The summed E-state index contributed by atoms with van der Waals surface area (Å²) >= 11 is 0. The van der Waals surface area contributed by atoms with Crippen molar-refractivity contribution in [3.8, 4) is 0 Å². The summed E-state index contributed by atoms with van der Waals surface area (Å²) in [5, 5.41) is 3.29. The van der Waals surface area contributed by atoms with Crippen molar-refractivity contribution in [2.24, 2.45) is 5.92 Å². The van der Waals surface area contributed by atoms with Crippen LogP contribution in [-0.4, -0.2) is 19.6 Å². The largest absolute Gasteiger partial charge is 0.368 e. The molecule has 2 heteroatoms. The lowest BCUT2D eigenvalue weighted by molar-refractivity contribution is 0.552. The van der Waals surface area contributed by atoms with E-state index in [1.54, 1.807) is 0 Å². The van der Waals surface area contributed by atoms with Gasteiger partial charge < -0.3 is 10.2 Å². The van der Waals surface area contributed by atoms with E-state index in [1.165, 1.54) is 42.6 Å². The molecule has 1 heterocycles. The first-order chi connectivity index (χ1) is 8.28. The summed E-state index contributed by atoms with van der Waals surface area (Å²) in [6.07, 6.45) is 4.28. The molecule has 2 bridgehead atoms. The van der Waals surface area contributed by atoms with Gasteiger partial charge in [-0.05, 0) is 50.8 Å². The monoisotopic (exact) mass is 230 g/mol. The molecule has 2 unspecified atom stereocenters. The quantitative estimate of drug-likeness (QED) is 0.859.